The largest absolute Gasteiger partial charge is 0.481 e. The molecule has 0 heterocycles. The van der Waals surface area contributed by atoms with Crippen molar-refractivity contribution in [1.29, 1.82) is 0 Å². The van der Waals surface area contributed by atoms with E-state index < -0.39 is 5.97 Å². The Morgan fingerprint density at radius 1 is 1.55 bits per heavy atom. The van der Waals surface area contributed by atoms with Gasteiger partial charge in [0.1, 0.15) is 0 Å². The molecule has 1 N–H and O–H groups in total. The highest BCUT2D eigenvalue weighted by atomic mass is 32.2. The lowest BCUT2D eigenvalue weighted by atomic mass is 10.1. The molecule has 0 aliphatic rings. The van der Waals surface area contributed by atoms with Crippen molar-refractivity contribution in [2.24, 2.45) is 0 Å². The lowest BCUT2D eigenvalue weighted by Gasteiger charge is -2.23. The summed E-state index contributed by atoms with van der Waals surface area (Å²) in [4.78, 5) is 10.4. The summed E-state index contributed by atoms with van der Waals surface area (Å²) in [6, 6.07) is 0. The summed E-state index contributed by atoms with van der Waals surface area (Å²) >= 11 is 1.70. The molecule has 0 unspecified atom stereocenters. The molecule has 66 valence electrons. The van der Waals surface area contributed by atoms with Crippen LogP contribution >= 0.6 is 11.8 Å². The molecular weight excluding hydrogens is 160 g/mol. The van der Waals surface area contributed by atoms with Gasteiger partial charge in [-0.1, -0.05) is 27.7 Å². The molecule has 0 aliphatic heterocycles. The van der Waals surface area contributed by atoms with Gasteiger partial charge in [0, 0.05) is 4.75 Å². The molecule has 11 heavy (non-hydrogen) atoms. The highest BCUT2D eigenvalue weighted by Crippen LogP contribution is 2.31. The molecule has 3 heteroatoms. The van der Waals surface area contributed by atoms with E-state index in [1.165, 1.54) is 0 Å². The molecule has 0 aromatic heterocycles. The molecule has 0 aliphatic carbocycles. The third kappa shape index (κ3) is 6.23. The first-order valence-electron chi connectivity index (χ1n) is 3.73. The third-order valence-electron chi connectivity index (χ3n) is 1.13. The van der Waals surface area contributed by atoms with Gasteiger partial charge in [-0.2, -0.15) is 11.8 Å². The number of carboxylic acids is 1. The second kappa shape index (κ2) is 4.00. The molecule has 0 saturated heterocycles. The van der Waals surface area contributed by atoms with Crippen LogP contribution in [0.4, 0.5) is 0 Å². The van der Waals surface area contributed by atoms with E-state index in [0.29, 0.717) is 5.25 Å². The van der Waals surface area contributed by atoms with E-state index in [1.807, 2.05) is 13.8 Å². The maximum atomic E-state index is 10.4. The molecular formula is C8H16O2S. The summed E-state index contributed by atoms with van der Waals surface area (Å²) in [5.41, 5.74) is 0. The van der Waals surface area contributed by atoms with Crippen molar-refractivity contribution in [2.75, 3.05) is 0 Å². The second-order valence-electron chi connectivity index (χ2n) is 3.50. The molecule has 0 atom stereocenters. The molecule has 0 fully saturated rings. The Labute approximate surface area is 72.4 Å². The SMILES string of the molecule is CC(C)SC(C)(C)CC(=O)O. The average Bonchev–Trinajstić information content (AvgIpc) is 1.53. The first kappa shape index (κ1) is 10.8. The summed E-state index contributed by atoms with van der Waals surface area (Å²) in [6.07, 6.45) is 0.232. The van der Waals surface area contributed by atoms with Gasteiger partial charge in [-0.15, -0.1) is 0 Å². The number of aliphatic carboxylic acids is 1. The Balaban J connectivity index is 3.89. The van der Waals surface area contributed by atoms with Crippen molar-refractivity contribution in [3.05, 3.63) is 0 Å². The van der Waals surface area contributed by atoms with Crippen molar-refractivity contribution in [1.82, 2.24) is 0 Å². The molecule has 0 aromatic carbocycles. The fourth-order valence-corrected chi connectivity index (χ4v) is 2.53. The first-order chi connectivity index (χ1) is 4.83. The van der Waals surface area contributed by atoms with E-state index in [1.54, 1.807) is 11.8 Å². The zero-order valence-corrected chi connectivity index (χ0v) is 8.36. The lowest BCUT2D eigenvalue weighted by Crippen LogP contribution is -2.21. The van der Waals surface area contributed by atoms with Crippen molar-refractivity contribution >= 4 is 17.7 Å². The number of carbonyl (C=O) groups is 1. The van der Waals surface area contributed by atoms with E-state index in [0.717, 1.165) is 0 Å². The number of thioether (sulfide) groups is 1. The number of rotatable bonds is 4. The predicted molar refractivity (Wildman–Crippen MR) is 49.1 cm³/mol. The van der Waals surface area contributed by atoms with E-state index in [2.05, 4.69) is 13.8 Å². The predicted octanol–water partition coefficient (Wildman–Crippen LogP) is 2.38. The topological polar surface area (TPSA) is 37.3 Å². The van der Waals surface area contributed by atoms with Crippen LogP contribution in [0.25, 0.3) is 0 Å². The fraction of sp³-hybridized carbons (Fsp3) is 0.875. The Morgan fingerprint density at radius 3 is 2.27 bits per heavy atom. The average molecular weight is 176 g/mol. The third-order valence-corrected chi connectivity index (χ3v) is 2.39. The maximum Gasteiger partial charge on any atom is 0.304 e. The van der Waals surface area contributed by atoms with Crippen LogP contribution in [0.2, 0.25) is 0 Å². The monoisotopic (exact) mass is 176 g/mol. The van der Waals surface area contributed by atoms with E-state index in [9.17, 15) is 4.79 Å². The molecule has 2 nitrogen and oxygen atoms in total. The van der Waals surface area contributed by atoms with Gasteiger partial charge in [0.15, 0.2) is 0 Å². The van der Waals surface area contributed by atoms with Crippen molar-refractivity contribution in [3.63, 3.8) is 0 Å². The van der Waals surface area contributed by atoms with Crippen LogP contribution in [-0.4, -0.2) is 21.1 Å². The fourth-order valence-electron chi connectivity index (χ4n) is 1.04. The zero-order chi connectivity index (χ0) is 9.07. The molecule has 0 bridgehead atoms. The molecule has 0 aromatic rings. The number of carboxylic acid groups (broad SMARTS) is 1. The Kier molecular flexibility index (Phi) is 3.93. The van der Waals surface area contributed by atoms with Crippen molar-refractivity contribution in [3.8, 4) is 0 Å². The summed E-state index contributed by atoms with van der Waals surface area (Å²) < 4.78 is -0.139. The molecule has 0 rings (SSSR count). The molecule has 0 spiro atoms. The van der Waals surface area contributed by atoms with Crippen LogP contribution in [0.3, 0.4) is 0 Å². The quantitative estimate of drug-likeness (QED) is 0.714. The minimum atomic E-state index is -0.719. The Bertz CT molecular complexity index is 141. The van der Waals surface area contributed by atoms with Gasteiger partial charge < -0.3 is 5.11 Å². The van der Waals surface area contributed by atoms with Gasteiger partial charge in [0.25, 0.3) is 0 Å². The van der Waals surface area contributed by atoms with Crippen LogP contribution in [0.5, 0.6) is 0 Å². The van der Waals surface area contributed by atoms with Gasteiger partial charge >= 0.3 is 5.97 Å². The Hall–Kier alpha value is -0.180. The highest BCUT2D eigenvalue weighted by Gasteiger charge is 2.23. The van der Waals surface area contributed by atoms with Crippen LogP contribution in [-0.2, 0) is 4.79 Å². The maximum absolute atomic E-state index is 10.4. The minimum Gasteiger partial charge on any atom is -0.481 e. The van der Waals surface area contributed by atoms with Gasteiger partial charge in [-0.05, 0) is 5.25 Å². The van der Waals surface area contributed by atoms with Crippen LogP contribution in [0, 0.1) is 0 Å². The number of hydrogen-bond acceptors (Lipinski definition) is 2. The van der Waals surface area contributed by atoms with E-state index in [4.69, 9.17) is 5.11 Å². The van der Waals surface area contributed by atoms with Crippen LogP contribution in [0.1, 0.15) is 34.1 Å². The molecule has 0 saturated carbocycles. The lowest BCUT2D eigenvalue weighted by molar-refractivity contribution is -0.137. The summed E-state index contributed by atoms with van der Waals surface area (Å²) in [6.45, 7) is 8.08. The molecule has 0 amide bonds. The number of hydrogen-bond donors (Lipinski definition) is 1. The summed E-state index contributed by atoms with van der Waals surface area (Å²) in [5.74, 6) is -0.719. The summed E-state index contributed by atoms with van der Waals surface area (Å²) in [7, 11) is 0. The zero-order valence-electron chi connectivity index (χ0n) is 7.55. The van der Waals surface area contributed by atoms with Crippen LogP contribution < -0.4 is 0 Å². The minimum absolute atomic E-state index is 0.139. The van der Waals surface area contributed by atoms with Crippen molar-refractivity contribution < 1.29 is 9.90 Å². The van der Waals surface area contributed by atoms with E-state index in [-0.39, 0.29) is 11.2 Å². The Morgan fingerprint density at radius 2 is 2.00 bits per heavy atom. The summed E-state index contributed by atoms with van der Waals surface area (Å²) in [5, 5.41) is 9.04. The van der Waals surface area contributed by atoms with Gasteiger partial charge in [-0.25, -0.2) is 0 Å². The van der Waals surface area contributed by atoms with Crippen LogP contribution in [0.15, 0.2) is 0 Å². The van der Waals surface area contributed by atoms with E-state index >= 15 is 0 Å². The van der Waals surface area contributed by atoms with Gasteiger partial charge in [0.05, 0.1) is 6.42 Å². The second-order valence-corrected chi connectivity index (χ2v) is 5.78. The van der Waals surface area contributed by atoms with Crippen molar-refractivity contribution in [2.45, 2.75) is 44.1 Å². The smallest absolute Gasteiger partial charge is 0.304 e. The highest BCUT2D eigenvalue weighted by molar-refractivity contribution is 8.01. The van der Waals surface area contributed by atoms with Gasteiger partial charge in [0.2, 0.25) is 0 Å². The normalized spacial score (nSPS) is 12.1. The first-order valence-corrected chi connectivity index (χ1v) is 4.61. The molecule has 0 radical (unpaired) electrons. The standard InChI is InChI=1S/C8H16O2S/c1-6(2)11-8(3,4)5-7(9)10/h6H,5H2,1-4H3,(H,9,10). The van der Waals surface area contributed by atoms with Gasteiger partial charge in [-0.3, -0.25) is 4.79 Å².